The van der Waals surface area contributed by atoms with Crippen LogP contribution in [-0.4, -0.2) is 22.3 Å². The van der Waals surface area contributed by atoms with E-state index in [1.165, 1.54) is 17.1 Å². The van der Waals surface area contributed by atoms with Gasteiger partial charge in [0, 0.05) is 24.2 Å². The van der Waals surface area contributed by atoms with E-state index in [2.05, 4.69) is 4.98 Å². The van der Waals surface area contributed by atoms with Crippen molar-refractivity contribution in [2.45, 2.75) is 19.9 Å². The fourth-order valence-corrected chi connectivity index (χ4v) is 3.15. The van der Waals surface area contributed by atoms with Gasteiger partial charge in [0.2, 0.25) is 0 Å². The minimum Gasteiger partial charge on any atom is -0.332 e. The number of halogens is 1. The first-order valence-corrected chi connectivity index (χ1v) is 7.00. The number of rotatable bonds is 1. The second kappa shape index (κ2) is 4.74. The van der Waals surface area contributed by atoms with Gasteiger partial charge in [-0.2, -0.15) is 0 Å². The van der Waals surface area contributed by atoms with Crippen LogP contribution in [0.2, 0.25) is 0 Å². The van der Waals surface area contributed by atoms with Crippen molar-refractivity contribution in [3.05, 3.63) is 51.2 Å². The van der Waals surface area contributed by atoms with Crippen LogP contribution in [0.5, 0.6) is 0 Å². The predicted octanol–water partition coefficient (Wildman–Crippen LogP) is 2.79. The van der Waals surface area contributed by atoms with Crippen molar-refractivity contribution in [3.63, 3.8) is 0 Å². The third-order valence-corrected chi connectivity index (χ3v) is 4.30. The van der Waals surface area contributed by atoms with E-state index < -0.39 is 5.82 Å². The molecule has 0 saturated heterocycles. The Morgan fingerprint density at radius 1 is 1.53 bits per heavy atom. The van der Waals surface area contributed by atoms with Crippen LogP contribution in [0.3, 0.4) is 0 Å². The fourth-order valence-electron chi connectivity index (χ4n) is 2.26. The zero-order valence-electron chi connectivity index (χ0n) is 10.5. The summed E-state index contributed by atoms with van der Waals surface area (Å²) >= 11 is 1.71. The van der Waals surface area contributed by atoms with Crippen LogP contribution in [-0.2, 0) is 13.0 Å². The highest BCUT2D eigenvalue weighted by molar-refractivity contribution is 7.10. The van der Waals surface area contributed by atoms with Gasteiger partial charge >= 0.3 is 0 Å². The van der Waals surface area contributed by atoms with Crippen molar-refractivity contribution in [1.82, 2.24) is 9.88 Å². The zero-order valence-corrected chi connectivity index (χ0v) is 11.3. The molecule has 5 heteroatoms. The third-order valence-electron chi connectivity index (χ3n) is 3.28. The summed E-state index contributed by atoms with van der Waals surface area (Å²) in [6, 6.07) is 3.37. The third kappa shape index (κ3) is 2.26. The number of amides is 1. The first-order valence-electron chi connectivity index (χ1n) is 6.12. The van der Waals surface area contributed by atoms with Gasteiger partial charge in [-0.25, -0.2) is 9.37 Å². The molecule has 1 amide bonds. The Bertz CT molecular complexity index is 638. The molecular formula is C14H13FN2OS. The molecule has 0 bridgehead atoms. The van der Waals surface area contributed by atoms with Crippen molar-refractivity contribution >= 4 is 17.2 Å². The summed E-state index contributed by atoms with van der Waals surface area (Å²) in [5.74, 6) is -0.865. The molecule has 1 aliphatic rings. The summed E-state index contributed by atoms with van der Waals surface area (Å²) in [5.41, 5.74) is 1.80. The lowest BCUT2D eigenvalue weighted by Crippen LogP contribution is -2.36. The Hall–Kier alpha value is -1.75. The normalized spacial score (nSPS) is 14.3. The van der Waals surface area contributed by atoms with E-state index >= 15 is 0 Å². The second-order valence-electron chi connectivity index (χ2n) is 4.69. The van der Waals surface area contributed by atoms with Gasteiger partial charge in [0.05, 0.1) is 0 Å². The summed E-state index contributed by atoms with van der Waals surface area (Å²) in [5, 5.41) is 2.03. The fraction of sp³-hybridized carbons (Fsp3) is 0.286. The highest BCUT2D eigenvalue weighted by atomic mass is 32.1. The molecule has 19 heavy (non-hydrogen) atoms. The Labute approximate surface area is 114 Å². The van der Waals surface area contributed by atoms with Crippen molar-refractivity contribution in [3.8, 4) is 0 Å². The average molecular weight is 276 g/mol. The number of nitrogens with zero attached hydrogens (tertiary/aromatic N) is 2. The largest absolute Gasteiger partial charge is 0.332 e. The molecule has 98 valence electrons. The number of fused-ring (bicyclic) bond motifs is 1. The minimum absolute atomic E-state index is 0.0794. The summed E-state index contributed by atoms with van der Waals surface area (Å²) in [7, 11) is 0. The number of pyridine rings is 1. The zero-order chi connectivity index (χ0) is 13.4. The van der Waals surface area contributed by atoms with Gasteiger partial charge in [-0.15, -0.1) is 11.3 Å². The first-order chi connectivity index (χ1) is 9.15. The maximum absolute atomic E-state index is 13.8. The molecule has 0 aromatic carbocycles. The number of thiophene rings is 1. The summed E-state index contributed by atoms with van der Waals surface area (Å²) in [6.45, 7) is 2.93. The first kappa shape index (κ1) is 12.3. The van der Waals surface area contributed by atoms with E-state index in [4.69, 9.17) is 0 Å². The number of aromatic nitrogens is 1. The Kier molecular flexibility index (Phi) is 3.06. The molecule has 3 nitrogen and oxygen atoms in total. The molecule has 2 aromatic heterocycles. The lowest BCUT2D eigenvalue weighted by Gasteiger charge is -2.26. The summed E-state index contributed by atoms with van der Waals surface area (Å²) in [6.07, 6.45) is 2.36. The molecule has 1 aliphatic heterocycles. The van der Waals surface area contributed by atoms with E-state index in [1.54, 1.807) is 23.2 Å². The molecule has 3 rings (SSSR count). The number of carbonyl (C=O) groups is 1. The van der Waals surface area contributed by atoms with Crippen LogP contribution in [0.15, 0.2) is 23.7 Å². The standard InChI is InChI=1S/C14H13FN2OS/c1-9-6-11(15)13(16-7-9)14(18)17-4-2-12-10(8-17)3-5-19-12/h3,5-7H,2,4,8H2,1H3. The summed E-state index contributed by atoms with van der Waals surface area (Å²) < 4.78 is 13.8. The van der Waals surface area contributed by atoms with Gasteiger partial charge in [-0.3, -0.25) is 4.79 Å². The number of hydrogen-bond donors (Lipinski definition) is 0. The molecule has 2 aromatic rings. The Morgan fingerprint density at radius 3 is 3.16 bits per heavy atom. The molecule has 0 N–H and O–H groups in total. The van der Waals surface area contributed by atoms with Crippen LogP contribution in [0, 0.1) is 12.7 Å². The van der Waals surface area contributed by atoms with E-state index in [9.17, 15) is 9.18 Å². The predicted molar refractivity (Wildman–Crippen MR) is 71.7 cm³/mol. The van der Waals surface area contributed by atoms with Gasteiger partial charge in [0.1, 0.15) is 0 Å². The molecule has 0 unspecified atom stereocenters. The maximum atomic E-state index is 13.8. The minimum atomic E-state index is -0.541. The van der Waals surface area contributed by atoms with Crippen LogP contribution < -0.4 is 0 Å². The van der Waals surface area contributed by atoms with Gasteiger partial charge in [0.15, 0.2) is 11.5 Å². The van der Waals surface area contributed by atoms with Crippen molar-refractivity contribution in [2.75, 3.05) is 6.54 Å². The van der Waals surface area contributed by atoms with Crippen molar-refractivity contribution in [2.24, 2.45) is 0 Å². The molecule has 0 fully saturated rings. The smallest absolute Gasteiger partial charge is 0.275 e. The number of hydrogen-bond acceptors (Lipinski definition) is 3. The average Bonchev–Trinajstić information content (AvgIpc) is 2.85. The highest BCUT2D eigenvalue weighted by Gasteiger charge is 2.25. The molecule has 0 atom stereocenters. The van der Waals surface area contributed by atoms with Crippen molar-refractivity contribution in [1.29, 1.82) is 0 Å². The topological polar surface area (TPSA) is 33.2 Å². The highest BCUT2D eigenvalue weighted by Crippen LogP contribution is 2.25. The van der Waals surface area contributed by atoms with Gasteiger partial charge in [-0.05, 0) is 42.0 Å². The van der Waals surface area contributed by atoms with Gasteiger partial charge < -0.3 is 4.90 Å². The van der Waals surface area contributed by atoms with E-state index in [1.807, 2.05) is 11.4 Å². The molecule has 0 spiro atoms. The van der Waals surface area contributed by atoms with Crippen LogP contribution in [0.4, 0.5) is 4.39 Å². The SMILES string of the molecule is Cc1cnc(C(=O)N2CCc3sccc3C2)c(F)c1. The molecular weight excluding hydrogens is 263 g/mol. The lowest BCUT2D eigenvalue weighted by molar-refractivity contribution is 0.0724. The van der Waals surface area contributed by atoms with Gasteiger partial charge in [0.25, 0.3) is 5.91 Å². The second-order valence-corrected chi connectivity index (χ2v) is 5.69. The molecule has 3 heterocycles. The van der Waals surface area contributed by atoms with Crippen LogP contribution >= 0.6 is 11.3 Å². The summed E-state index contributed by atoms with van der Waals surface area (Å²) in [4.78, 5) is 19.2. The lowest BCUT2D eigenvalue weighted by atomic mass is 10.1. The van der Waals surface area contributed by atoms with E-state index in [0.717, 1.165) is 12.0 Å². The number of carbonyl (C=O) groups excluding carboxylic acids is 1. The Balaban J connectivity index is 1.85. The quantitative estimate of drug-likeness (QED) is 0.802. The maximum Gasteiger partial charge on any atom is 0.275 e. The molecule has 0 radical (unpaired) electrons. The molecule has 0 saturated carbocycles. The number of aryl methyl sites for hydroxylation is 1. The Morgan fingerprint density at radius 2 is 2.37 bits per heavy atom. The van der Waals surface area contributed by atoms with Crippen LogP contribution in [0.1, 0.15) is 26.5 Å². The molecule has 0 aliphatic carbocycles. The van der Waals surface area contributed by atoms with E-state index in [0.29, 0.717) is 18.7 Å². The van der Waals surface area contributed by atoms with Crippen molar-refractivity contribution < 1.29 is 9.18 Å². The van der Waals surface area contributed by atoms with Crippen LogP contribution in [0.25, 0.3) is 0 Å². The monoisotopic (exact) mass is 276 g/mol. The van der Waals surface area contributed by atoms with E-state index in [-0.39, 0.29) is 11.6 Å². The van der Waals surface area contributed by atoms with Gasteiger partial charge in [-0.1, -0.05) is 0 Å².